The first-order valence-electron chi connectivity index (χ1n) is 16.2. The molecule has 0 radical (unpaired) electrons. The first-order valence-corrected chi connectivity index (χ1v) is 17.9. The largest absolute Gasteiger partial charge is 0.484 e. The van der Waals surface area contributed by atoms with E-state index >= 15 is 0 Å². The molecule has 240 valence electrons. The minimum absolute atomic E-state index is 0.0356. The molecule has 3 heterocycles. The van der Waals surface area contributed by atoms with Crippen molar-refractivity contribution in [1.29, 1.82) is 0 Å². The lowest BCUT2D eigenvalue weighted by molar-refractivity contribution is -0.123. The number of aromatic nitrogens is 1. The molecular weight excluding hydrogens is 643 g/mol. The molecule has 5 aromatic rings. The first-order chi connectivity index (χ1) is 23.4. The highest BCUT2D eigenvalue weighted by molar-refractivity contribution is 8.00. The third-order valence-electron chi connectivity index (χ3n) is 10.7. The van der Waals surface area contributed by atoms with Gasteiger partial charge < -0.3 is 15.0 Å². The Morgan fingerprint density at radius 1 is 0.896 bits per heavy atom. The van der Waals surface area contributed by atoms with Crippen molar-refractivity contribution in [2.75, 3.05) is 16.8 Å². The number of ether oxygens (including phenoxy) is 1. The molecule has 2 N–H and O–H groups in total. The molecule has 1 saturated heterocycles. The van der Waals surface area contributed by atoms with Crippen LogP contribution in [0.1, 0.15) is 28.3 Å². The molecular formula is C38H31N3O5S2. The van der Waals surface area contributed by atoms with Crippen LogP contribution >= 0.6 is 23.1 Å². The van der Waals surface area contributed by atoms with Gasteiger partial charge in [-0.15, -0.1) is 11.8 Å². The van der Waals surface area contributed by atoms with Crippen molar-refractivity contribution >= 4 is 63.0 Å². The van der Waals surface area contributed by atoms with Crippen LogP contribution in [0.2, 0.25) is 0 Å². The van der Waals surface area contributed by atoms with Crippen LogP contribution in [0.25, 0.3) is 10.8 Å². The molecule has 7 atom stereocenters. The third kappa shape index (κ3) is 4.57. The quantitative estimate of drug-likeness (QED) is 0.197. The van der Waals surface area contributed by atoms with E-state index in [1.54, 1.807) is 11.8 Å². The molecule has 9 rings (SSSR count). The fourth-order valence-corrected chi connectivity index (χ4v) is 11.7. The maximum atomic E-state index is 14.0. The van der Waals surface area contributed by atoms with E-state index in [0.29, 0.717) is 11.4 Å². The predicted octanol–water partition coefficient (Wildman–Crippen LogP) is 6.59. The smallest absolute Gasteiger partial charge is 0.305 e. The van der Waals surface area contributed by atoms with Gasteiger partial charge >= 0.3 is 4.87 Å². The Morgan fingerprint density at radius 3 is 2.42 bits per heavy atom. The SMILES string of the molecule is Cc1ccc(N2C(=O)C3C4CC(C3C2=O)C2C4Sc3[nH]c(=O)sc3[C@@H]2c2ccc(OCC(=O)Nc3cccc4ccccc34)cc2)cc1. The van der Waals surface area contributed by atoms with E-state index in [0.717, 1.165) is 43.9 Å². The van der Waals surface area contributed by atoms with Crippen molar-refractivity contribution in [3.8, 4) is 5.75 Å². The number of benzene rings is 4. The van der Waals surface area contributed by atoms with Gasteiger partial charge in [0.15, 0.2) is 6.61 Å². The molecule has 3 amide bonds. The van der Waals surface area contributed by atoms with Crippen LogP contribution in [0, 0.1) is 36.5 Å². The number of aryl methyl sites for hydroxylation is 1. The van der Waals surface area contributed by atoms with Crippen LogP contribution in [-0.2, 0) is 14.4 Å². The van der Waals surface area contributed by atoms with Crippen molar-refractivity contribution < 1.29 is 19.1 Å². The zero-order chi connectivity index (χ0) is 32.7. The molecule has 6 unspecified atom stereocenters. The van der Waals surface area contributed by atoms with E-state index in [-0.39, 0.29) is 70.0 Å². The van der Waals surface area contributed by atoms with Crippen molar-refractivity contribution in [1.82, 2.24) is 4.98 Å². The summed E-state index contributed by atoms with van der Waals surface area (Å²) in [6, 6.07) is 29.0. The summed E-state index contributed by atoms with van der Waals surface area (Å²) in [4.78, 5) is 58.7. The van der Waals surface area contributed by atoms with Crippen LogP contribution < -0.4 is 19.8 Å². The van der Waals surface area contributed by atoms with Gasteiger partial charge in [-0.1, -0.05) is 77.6 Å². The van der Waals surface area contributed by atoms with Gasteiger partial charge in [0, 0.05) is 27.1 Å². The van der Waals surface area contributed by atoms with Gasteiger partial charge in [-0.05, 0) is 72.4 Å². The van der Waals surface area contributed by atoms with Crippen LogP contribution in [-0.4, -0.2) is 34.6 Å². The molecule has 10 heteroatoms. The lowest BCUT2D eigenvalue weighted by atomic mass is 9.68. The molecule has 2 aliphatic heterocycles. The minimum atomic E-state index is -0.353. The molecule has 2 bridgehead atoms. The number of nitrogens with zero attached hydrogens (tertiary/aromatic N) is 1. The van der Waals surface area contributed by atoms with Crippen molar-refractivity contribution in [3.05, 3.63) is 117 Å². The van der Waals surface area contributed by atoms with E-state index in [9.17, 15) is 19.2 Å². The molecule has 3 fully saturated rings. The zero-order valence-corrected chi connectivity index (χ0v) is 27.6. The van der Waals surface area contributed by atoms with Gasteiger partial charge in [-0.3, -0.25) is 24.1 Å². The number of hydrogen-bond donors (Lipinski definition) is 2. The summed E-state index contributed by atoms with van der Waals surface area (Å²) >= 11 is 2.92. The maximum absolute atomic E-state index is 14.0. The number of imide groups is 1. The summed E-state index contributed by atoms with van der Waals surface area (Å²) < 4.78 is 5.89. The van der Waals surface area contributed by atoms with E-state index in [1.807, 2.05) is 97.9 Å². The van der Waals surface area contributed by atoms with Gasteiger partial charge in [-0.25, -0.2) is 0 Å². The highest BCUT2D eigenvalue weighted by atomic mass is 32.2. The molecule has 2 saturated carbocycles. The normalized spacial score (nSPS) is 26.8. The van der Waals surface area contributed by atoms with Crippen molar-refractivity contribution in [2.24, 2.45) is 29.6 Å². The third-order valence-corrected chi connectivity index (χ3v) is 13.3. The van der Waals surface area contributed by atoms with E-state index in [1.165, 1.54) is 16.2 Å². The average Bonchev–Trinajstić information content (AvgIpc) is 3.83. The fraction of sp³-hybridized carbons (Fsp3) is 0.263. The lowest BCUT2D eigenvalue weighted by Crippen LogP contribution is -2.42. The summed E-state index contributed by atoms with van der Waals surface area (Å²) in [5.74, 6) is -0.453. The van der Waals surface area contributed by atoms with Gasteiger partial charge in [0.05, 0.1) is 22.5 Å². The first kappa shape index (κ1) is 29.5. The minimum Gasteiger partial charge on any atom is -0.484 e. The lowest BCUT2D eigenvalue weighted by Gasteiger charge is -2.43. The number of H-pyrrole nitrogens is 1. The molecule has 1 aromatic heterocycles. The summed E-state index contributed by atoms with van der Waals surface area (Å²) in [5, 5.41) is 5.96. The Hall–Kier alpha value is -4.67. The second-order valence-electron chi connectivity index (χ2n) is 13.2. The number of aromatic amines is 1. The second-order valence-corrected chi connectivity index (χ2v) is 15.4. The van der Waals surface area contributed by atoms with Crippen molar-refractivity contribution in [2.45, 2.75) is 29.5 Å². The topological polar surface area (TPSA) is 109 Å². The highest BCUT2D eigenvalue weighted by Gasteiger charge is 2.69. The van der Waals surface area contributed by atoms with Gasteiger partial charge in [0.1, 0.15) is 5.75 Å². The summed E-state index contributed by atoms with van der Waals surface area (Å²) in [5.41, 5.74) is 3.48. The Bertz CT molecular complexity index is 2170. The Kier molecular flexibility index (Phi) is 6.88. The number of carbonyl (C=O) groups excluding carboxylic acids is 3. The highest BCUT2D eigenvalue weighted by Crippen LogP contribution is 2.68. The summed E-state index contributed by atoms with van der Waals surface area (Å²) in [6.07, 6.45) is 0.833. The average molecular weight is 674 g/mol. The number of fused-ring (bicyclic) bond motifs is 10. The molecule has 4 aromatic carbocycles. The summed E-state index contributed by atoms with van der Waals surface area (Å²) in [6.45, 7) is 1.84. The van der Waals surface area contributed by atoms with E-state index in [2.05, 4.69) is 10.3 Å². The molecule has 48 heavy (non-hydrogen) atoms. The number of hydrogen-bond acceptors (Lipinski definition) is 7. The Balaban J connectivity index is 0.966. The maximum Gasteiger partial charge on any atom is 0.305 e. The molecule has 2 aliphatic carbocycles. The van der Waals surface area contributed by atoms with Crippen molar-refractivity contribution in [3.63, 3.8) is 0 Å². The number of thioether (sulfide) groups is 1. The van der Waals surface area contributed by atoms with Gasteiger partial charge in [0.25, 0.3) is 5.91 Å². The van der Waals surface area contributed by atoms with E-state index in [4.69, 9.17) is 4.74 Å². The fourth-order valence-electron chi connectivity index (χ4n) is 8.78. The zero-order valence-electron chi connectivity index (χ0n) is 25.9. The van der Waals surface area contributed by atoms with E-state index < -0.39 is 0 Å². The van der Waals surface area contributed by atoms with Gasteiger partial charge in [0.2, 0.25) is 11.8 Å². The van der Waals surface area contributed by atoms with Crippen LogP contribution in [0.4, 0.5) is 11.4 Å². The molecule has 0 spiro atoms. The molecule has 8 nitrogen and oxygen atoms in total. The van der Waals surface area contributed by atoms with Crippen LogP contribution in [0.3, 0.4) is 0 Å². The predicted molar refractivity (Wildman–Crippen MR) is 187 cm³/mol. The second kappa shape index (κ2) is 11.2. The number of amides is 3. The number of thiazole rings is 1. The Morgan fingerprint density at radius 2 is 1.62 bits per heavy atom. The number of anilines is 2. The number of nitrogens with one attached hydrogen (secondary N) is 2. The number of carbonyl (C=O) groups is 3. The van der Waals surface area contributed by atoms with Gasteiger partial charge in [-0.2, -0.15) is 0 Å². The standard InChI is InChI=1S/C38H31N3O5S2/c1-19-9-13-22(14-10-19)41-36(43)31-25-17-26(32(31)37(41)44)33-30(25)29(34-35(47-33)40-38(45)48-34)21-11-15-23(16-12-21)46-18-28(42)39-27-8-4-6-20-5-2-3-7-24(20)27/h2-16,25-26,29-33H,17-18H2,1H3,(H,39,42)(H,40,45)/t25?,26?,29-,30?,31?,32?,33?/m1/s1. The number of rotatable bonds is 6. The molecule has 4 aliphatic rings. The summed E-state index contributed by atoms with van der Waals surface area (Å²) in [7, 11) is 0. The van der Waals surface area contributed by atoms with Crippen LogP contribution in [0.5, 0.6) is 5.75 Å². The van der Waals surface area contributed by atoms with Crippen LogP contribution in [0.15, 0.2) is 101 Å². The Labute approximate surface area is 284 Å². The monoisotopic (exact) mass is 673 g/mol.